The molecule has 1 fully saturated rings. The number of benzene rings is 2. The third-order valence-corrected chi connectivity index (χ3v) is 8.53. The lowest BCUT2D eigenvalue weighted by atomic mass is 9.95. The summed E-state index contributed by atoms with van der Waals surface area (Å²) in [5, 5.41) is 3.16. The summed E-state index contributed by atoms with van der Waals surface area (Å²) in [4.78, 5) is 28.3. The van der Waals surface area contributed by atoms with Crippen molar-refractivity contribution in [3.63, 3.8) is 0 Å². The number of nitrogens with one attached hydrogen (secondary N) is 1. The second kappa shape index (κ2) is 13.8. The highest BCUT2D eigenvalue weighted by molar-refractivity contribution is 7.92. The van der Waals surface area contributed by atoms with Crippen LogP contribution in [0.5, 0.6) is 0 Å². The molecular weight excluding hydrogens is 498 g/mol. The van der Waals surface area contributed by atoms with Crippen molar-refractivity contribution in [1.29, 1.82) is 0 Å². The minimum Gasteiger partial charge on any atom is -0.352 e. The Bertz CT molecular complexity index is 1170. The molecule has 0 aromatic heterocycles. The third-order valence-electron chi connectivity index (χ3n) is 7.34. The molecule has 1 N–H and O–H groups in total. The number of hydrogen-bond acceptors (Lipinski definition) is 4. The fraction of sp³-hybridized carbons (Fsp3) is 0.533. The van der Waals surface area contributed by atoms with E-state index in [0.717, 1.165) is 48.8 Å². The Kier molecular flexibility index (Phi) is 10.8. The van der Waals surface area contributed by atoms with Crippen LogP contribution in [-0.2, 0) is 32.6 Å². The quantitative estimate of drug-likeness (QED) is 0.411. The van der Waals surface area contributed by atoms with Gasteiger partial charge in [0.15, 0.2) is 0 Å². The Morgan fingerprint density at radius 3 is 2.32 bits per heavy atom. The average molecular weight is 542 g/mol. The van der Waals surface area contributed by atoms with Gasteiger partial charge in [-0.3, -0.25) is 13.9 Å². The molecule has 0 radical (unpaired) electrons. The normalized spacial score (nSPS) is 15.1. The maximum absolute atomic E-state index is 13.5. The van der Waals surface area contributed by atoms with Crippen molar-refractivity contribution in [3.05, 3.63) is 65.2 Å². The van der Waals surface area contributed by atoms with Crippen LogP contribution in [0, 0.1) is 6.92 Å². The largest absolute Gasteiger partial charge is 0.352 e. The zero-order valence-corrected chi connectivity index (χ0v) is 24.1. The van der Waals surface area contributed by atoms with E-state index in [2.05, 4.69) is 5.32 Å². The average Bonchev–Trinajstić information content (AvgIpc) is 2.89. The Balaban J connectivity index is 1.71. The number of sulfonamides is 1. The molecule has 1 aliphatic carbocycles. The lowest BCUT2D eigenvalue weighted by Gasteiger charge is -2.31. The summed E-state index contributed by atoms with van der Waals surface area (Å²) in [7, 11) is -3.51. The van der Waals surface area contributed by atoms with Crippen LogP contribution in [0.25, 0.3) is 0 Å². The first-order chi connectivity index (χ1) is 18.1. The van der Waals surface area contributed by atoms with Gasteiger partial charge in [0.1, 0.15) is 6.04 Å². The smallest absolute Gasteiger partial charge is 0.242 e. The van der Waals surface area contributed by atoms with Gasteiger partial charge in [-0.2, -0.15) is 0 Å². The van der Waals surface area contributed by atoms with Crippen LogP contribution in [0.15, 0.2) is 48.5 Å². The summed E-state index contributed by atoms with van der Waals surface area (Å²) in [6.07, 6.45) is 7.94. The lowest BCUT2D eigenvalue weighted by Crippen LogP contribution is -2.50. The molecule has 1 atom stereocenters. The van der Waals surface area contributed by atoms with Crippen molar-refractivity contribution in [2.75, 3.05) is 17.1 Å². The molecule has 2 aromatic rings. The number of nitrogens with zero attached hydrogens (tertiary/aromatic N) is 2. The van der Waals surface area contributed by atoms with Crippen molar-refractivity contribution in [2.24, 2.45) is 0 Å². The Morgan fingerprint density at radius 1 is 1.03 bits per heavy atom. The summed E-state index contributed by atoms with van der Waals surface area (Å²) >= 11 is 0. The molecule has 38 heavy (non-hydrogen) atoms. The van der Waals surface area contributed by atoms with Crippen LogP contribution >= 0.6 is 0 Å². The van der Waals surface area contributed by atoms with E-state index in [1.165, 1.54) is 17.0 Å². The second-order valence-electron chi connectivity index (χ2n) is 10.5. The van der Waals surface area contributed by atoms with Gasteiger partial charge >= 0.3 is 0 Å². The topological polar surface area (TPSA) is 86.8 Å². The SMILES string of the molecule is CCc1ccc(N(CCCC(=O)N(Cc2cccc(C)c2)C(C)C(=O)NC2CCCCC2)S(C)(=O)=O)cc1. The van der Waals surface area contributed by atoms with Gasteiger partial charge in [0.2, 0.25) is 21.8 Å². The molecule has 0 saturated heterocycles. The second-order valence-corrected chi connectivity index (χ2v) is 12.4. The van der Waals surface area contributed by atoms with E-state index in [1.807, 2.05) is 62.4 Å². The summed E-state index contributed by atoms with van der Waals surface area (Å²) in [6, 6.07) is 14.9. The maximum atomic E-state index is 13.5. The molecule has 1 saturated carbocycles. The predicted octanol–water partition coefficient (Wildman–Crippen LogP) is 4.97. The molecule has 1 unspecified atom stereocenters. The fourth-order valence-corrected chi connectivity index (χ4v) is 6.03. The van der Waals surface area contributed by atoms with Gasteiger partial charge in [-0.25, -0.2) is 8.42 Å². The number of amides is 2. The van der Waals surface area contributed by atoms with Crippen LogP contribution in [0.1, 0.15) is 75.5 Å². The number of carbonyl (C=O) groups is 2. The molecule has 0 bridgehead atoms. The molecule has 2 amide bonds. The van der Waals surface area contributed by atoms with E-state index < -0.39 is 16.1 Å². The van der Waals surface area contributed by atoms with Crippen LogP contribution < -0.4 is 9.62 Å². The minimum atomic E-state index is -3.51. The van der Waals surface area contributed by atoms with E-state index in [9.17, 15) is 18.0 Å². The molecule has 0 aliphatic heterocycles. The maximum Gasteiger partial charge on any atom is 0.242 e. The molecule has 0 heterocycles. The van der Waals surface area contributed by atoms with E-state index in [1.54, 1.807) is 11.8 Å². The Morgan fingerprint density at radius 2 is 1.71 bits per heavy atom. The summed E-state index contributed by atoms with van der Waals surface area (Å²) in [6.45, 7) is 6.35. The monoisotopic (exact) mass is 541 g/mol. The van der Waals surface area contributed by atoms with Crippen LogP contribution in [0.3, 0.4) is 0 Å². The molecule has 7 nitrogen and oxygen atoms in total. The van der Waals surface area contributed by atoms with Gasteiger partial charge in [0.25, 0.3) is 0 Å². The molecule has 1 aliphatic rings. The minimum absolute atomic E-state index is 0.133. The molecule has 2 aromatic carbocycles. The van der Waals surface area contributed by atoms with Crippen molar-refractivity contribution >= 4 is 27.5 Å². The zero-order chi connectivity index (χ0) is 27.7. The van der Waals surface area contributed by atoms with Crippen LogP contribution in [0.2, 0.25) is 0 Å². The van der Waals surface area contributed by atoms with E-state index in [0.29, 0.717) is 18.7 Å². The molecular formula is C30H43N3O4S. The standard InChI is InChI=1S/C30H43N3O4S/c1-5-25-16-18-28(19-17-25)33(38(4,36)37)20-10-15-29(34)32(22-26-12-9-11-23(2)21-26)24(3)30(35)31-27-13-7-6-8-14-27/h9,11-12,16-19,21,24,27H,5-8,10,13-15,20,22H2,1-4H3,(H,31,35). The zero-order valence-electron chi connectivity index (χ0n) is 23.3. The van der Waals surface area contributed by atoms with Crippen LogP contribution in [0.4, 0.5) is 5.69 Å². The van der Waals surface area contributed by atoms with E-state index >= 15 is 0 Å². The summed E-state index contributed by atoms with van der Waals surface area (Å²) in [5.41, 5.74) is 3.77. The van der Waals surface area contributed by atoms with Gasteiger partial charge in [0, 0.05) is 25.6 Å². The van der Waals surface area contributed by atoms with E-state index in [-0.39, 0.29) is 30.8 Å². The van der Waals surface area contributed by atoms with Crippen molar-refractivity contribution in [3.8, 4) is 0 Å². The highest BCUT2D eigenvalue weighted by Gasteiger charge is 2.28. The highest BCUT2D eigenvalue weighted by Crippen LogP contribution is 2.21. The molecule has 3 rings (SSSR count). The summed E-state index contributed by atoms with van der Waals surface area (Å²) in [5.74, 6) is -0.292. The third kappa shape index (κ3) is 8.58. The van der Waals surface area contributed by atoms with Gasteiger partial charge in [-0.15, -0.1) is 0 Å². The highest BCUT2D eigenvalue weighted by atomic mass is 32.2. The number of carbonyl (C=O) groups excluding carboxylic acids is 2. The lowest BCUT2D eigenvalue weighted by molar-refractivity contribution is -0.141. The van der Waals surface area contributed by atoms with Crippen LogP contribution in [-0.4, -0.2) is 50.0 Å². The summed E-state index contributed by atoms with van der Waals surface area (Å²) < 4.78 is 26.4. The first-order valence-electron chi connectivity index (χ1n) is 13.8. The van der Waals surface area contributed by atoms with Crippen molar-refractivity contribution in [1.82, 2.24) is 10.2 Å². The fourth-order valence-electron chi connectivity index (χ4n) is 5.06. The number of anilines is 1. The molecule has 0 spiro atoms. The Labute approximate surface area is 228 Å². The van der Waals surface area contributed by atoms with Gasteiger partial charge in [0.05, 0.1) is 11.9 Å². The first-order valence-corrected chi connectivity index (χ1v) is 15.7. The molecule has 8 heteroatoms. The number of rotatable bonds is 12. The Hall–Kier alpha value is -2.87. The van der Waals surface area contributed by atoms with Crippen molar-refractivity contribution in [2.45, 2.75) is 90.8 Å². The van der Waals surface area contributed by atoms with Crippen molar-refractivity contribution < 1.29 is 18.0 Å². The first kappa shape index (κ1) is 29.7. The van der Waals surface area contributed by atoms with Gasteiger partial charge in [-0.1, -0.05) is 68.1 Å². The van der Waals surface area contributed by atoms with E-state index in [4.69, 9.17) is 0 Å². The van der Waals surface area contributed by atoms with Gasteiger partial charge in [-0.05, 0) is 62.8 Å². The van der Waals surface area contributed by atoms with Gasteiger partial charge < -0.3 is 10.2 Å². The number of hydrogen-bond donors (Lipinski definition) is 1. The molecule has 208 valence electrons. The predicted molar refractivity (Wildman–Crippen MR) is 153 cm³/mol. The number of aryl methyl sites for hydroxylation is 2.